The second-order valence-electron chi connectivity index (χ2n) is 7.71. The standard InChI is InChI=1S/C18H30N2O5/c1-5-24-16(22)13-8-6-10-19(12-13)15(21)14-9-7-11-20(14)17(23)25-18(2,3)4/h13-14H,5-12H2,1-4H3/t13?,14-/m0/s1. The molecule has 7 nitrogen and oxygen atoms in total. The third kappa shape index (κ3) is 5.09. The van der Waals surface area contributed by atoms with E-state index in [9.17, 15) is 14.4 Å². The Balaban J connectivity index is 2.00. The number of piperidine rings is 1. The Morgan fingerprint density at radius 3 is 2.40 bits per heavy atom. The third-order valence-electron chi connectivity index (χ3n) is 4.52. The molecule has 0 spiro atoms. The number of hydrogen-bond acceptors (Lipinski definition) is 5. The van der Waals surface area contributed by atoms with Gasteiger partial charge >= 0.3 is 12.1 Å². The Bertz CT molecular complexity index is 514. The maximum Gasteiger partial charge on any atom is 0.410 e. The van der Waals surface area contributed by atoms with Crippen molar-refractivity contribution in [2.75, 3.05) is 26.2 Å². The van der Waals surface area contributed by atoms with Crippen LogP contribution in [0.5, 0.6) is 0 Å². The zero-order valence-corrected chi connectivity index (χ0v) is 15.7. The van der Waals surface area contributed by atoms with Crippen molar-refractivity contribution in [3.63, 3.8) is 0 Å². The van der Waals surface area contributed by atoms with Crippen molar-refractivity contribution < 1.29 is 23.9 Å². The van der Waals surface area contributed by atoms with E-state index in [1.807, 2.05) is 20.8 Å². The van der Waals surface area contributed by atoms with Crippen LogP contribution >= 0.6 is 0 Å². The number of amides is 2. The maximum absolute atomic E-state index is 12.9. The number of esters is 1. The van der Waals surface area contributed by atoms with Crippen molar-refractivity contribution in [3.8, 4) is 0 Å². The van der Waals surface area contributed by atoms with Crippen molar-refractivity contribution in [2.45, 2.75) is 65.0 Å². The highest BCUT2D eigenvalue weighted by atomic mass is 16.6. The molecule has 2 aliphatic rings. The Labute approximate surface area is 149 Å². The number of likely N-dealkylation sites (tertiary alicyclic amines) is 2. The van der Waals surface area contributed by atoms with E-state index in [1.165, 1.54) is 4.90 Å². The van der Waals surface area contributed by atoms with E-state index in [1.54, 1.807) is 11.8 Å². The second kappa shape index (κ2) is 8.06. The zero-order chi connectivity index (χ0) is 18.6. The van der Waals surface area contributed by atoms with Gasteiger partial charge in [-0.25, -0.2) is 4.79 Å². The van der Waals surface area contributed by atoms with Crippen LogP contribution in [0.15, 0.2) is 0 Å². The minimum atomic E-state index is -0.590. The summed E-state index contributed by atoms with van der Waals surface area (Å²) in [5.74, 6) is -0.596. The Hall–Kier alpha value is -1.79. The molecule has 2 heterocycles. The van der Waals surface area contributed by atoms with Crippen LogP contribution in [0.4, 0.5) is 4.79 Å². The molecule has 2 amide bonds. The van der Waals surface area contributed by atoms with Gasteiger partial charge in [-0.2, -0.15) is 0 Å². The first-order valence-electron chi connectivity index (χ1n) is 9.18. The molecule has 2 rings (SSSR count). The van der Waals surface area contributed by atoms with Gasteiger partial charge in [-0.15, -0.1) is 0 Å². The fourth-order valence-corrected chi connectivity index (χ4v) is 3.40. The van der Waals surface area contributed by atoms with Gasteiger partial charge in [0.2, 0.25) is 5.91 Å². The summed E-state index contributed by atoms with van der Waals surface area (Å²) >= 11 is 0. The minimum Gasteiger partial charge on any atom is -0.466 e. The summed E-state index contributed by atoms with van der Waals surface area (Å²) in [6.07, 6.45) is 2.49. The van der Waals surface area contributed by atoms with Crippen molar-refractivity contribution in [1.29, 1.82) is 0 Å². The summed E-state index contributed by atoms with van der Waals surface area (Å²) in [6, 6.07) is -0.490. The van der Waals surface area contributed by atoms with Crippen LogP contribution in [0.25, 0.3) is 0 Å². The number of nitrogens with zero attached hydrogens (tertiary/aromatic N) is 2. The third-order valence-corrected chi connectivity index (χ3v) is 4.52. The van der Waals surface area contributed by atoms with E-state index in [4.69, 9.17) is 9.47 Å². The van der Waals surface area contributed by atoms with E-state index in [0.29, 0.717) is 32.7 Å². The molecular formula is C18H30N2O5. The molecule has 0 aromatic heterocycles. The summed E-state index contributed by atoms with van der Waals surface area (Å²) in [5, 5.41) is 0. The van der Waals surface area contributed by atoms with Gasteiger partial charge in [0.05, 0.1) is 12.5 Å². The number of rotatable bonds is 3. The molecule has 142 valence electrons. The average molecular weight is 354 g/mol. The summed E-state index contributed by atoms with van der Waals surface area (Å²) in [6.45, 7) is 9.08. The predicted octanol–water partition coefficient (Wildman–Crippen LogP) is 2.19. The monoisotopic (exact) mass is 354 g/mol. The highest BCUT2D eigenvalue weighted by Gasteiger charge is 2.40. The van der Waals surface area contributed by atoms with Crippen LogP contribution in [0, 0.1) is 5.92 Å². The molecule has 2 atom stereocenters. The number of hydrogen-bond donors (Lipinski definition) is 0. The lowest BCUT2D eigenvalue weighted by molar-refractivity contribution is -0.152. The summed E-state index contributed by atoms with van der Waals surface area (Å²) in [7, 11) is 0. The molecule has 2 fully saturated rings. The molecule has 0 aromatic rings. The van der Waals surface area contributed by atoms with E-state index in [0.717, 1.165) is 19.3 Å². The Morgan fingerprint density at radius 2 is 1.76 bits per heavy atom. The normalized spacial score (nSPS) is 24.2. The molecular weight excluding hydrogens is 324 g/mol. The summed E-state index contributed by atoms with van der Waals surface area (Å²) in [5.41, 5.74) is -0.590. The lowest BCUT2D eigenvalue weighted by atomic mass is 9.97. The predicted molar refractivity (Wildman–Crippen MR) is 91.9 cm³/mol. The summed E-state index contributed by atoms with van der Waals surface area (Å²) in [4.78, 5) is 40.5. The van der Waals surface area contributed by atoms with Gasteiger partial charge in [0, 0.05) is 19.6 Å². The summed E-state index contributed by atoms with van der Waals surface area (Å²) < 4.78 is 10.5. The van der Waals surface area contributed by atoms with Crippen LogP contribution < -0.4 is 0 Å². The largest absolute Gasteiger partial charge is 0.466 e. The molecule has 25 heavy (non-hydrogen) atoms. The first kappa shape index (κ1) is 19.5. The highest BCUT2D eigenvalue weighted by Crippen LogP contribution is 2.25. The van der Waals surface area contributed by atoms with Gasteiger partial charge in [0.25, 0.3) is 0 Å². The van der Waals surface area contributed by atoms with E-state index < -0.39 is 17.7 Å². The number of carbonyl (C=O) groups excluding carboxylic acids is 3. The van der Waals surface area contributed by atoms with Crippen LogP contribution in [-0.2, 0) is 19.1 Å². The topological polar surface area (TPSA) is 76.2 Å². The quantitative estimate of drug-likeness (QED) is 0.726. The van der Waals surface area contributed by atoms with Gasteiger partial charge in [-0.05, 0) is 53.4 Å². The zero-order valence-electron chi connectivity index (χ0n) is 15.7. The number of ether oxygens (including phenoxy) is 2. The lowest BCUT2D eigenvalue weighted by Crippen LogP contribution is -2.52. The molecule has 0 saturated carbocycles. The molecule has 1 unspecified atom stereocenters. The van der Waals surface area contributed by atoms with Crippen LogP contribution in [0.3, 0.4) is 0 Å². The second-order valence-corrected chi connectivity index (χ2v) is 7.71. The minimum absolute atomic E-state index is 0.0858. The van der Waals surface area contributed by atoms with E-state index >= 15 is 0 Å². The first-order chi connectivity index (χ1) is 11.7. The lowest BCUT2D eigenvalue weighted by Gasteiger charge is -2.35. The molecule has 7 heteroatoms. The molecule has 0 bridgehead atoms. The highest BCUT2D eigenvalue weighted by molar-refractivity contribution is 5.87. The molecule has 0 aromatic carbocycles. The SMILES string of the molecule is CCOC(=O)C1CCCN(C(=O)[C@@H]2CCCN2C(=O)OC(C)(C)C)C1. The molecule has 0 N–H and O–H groups in total. The molecule has 0 radical (unpaired) electrons. The van der Waals surface area contributed by atoms with E-state index in [-0.39, 0.29) is 17.8 Å². The average Bonchev–Trinajstić information content (AvgIpc) is 3.02. The smallest absolute Gasteiger partial charge is 0.410 e. The van der Waals surface area contributed by atoms with Crippen molar-refractivity contribution in [2.24, 2.45) is 5.92 Å². The van der Waals surface area contributed by atoms with Gasteiger partial charge in [0.1, 0.15) is 11.6 Å². The van der Waals surface area contributed by atoms with Crippen LogP contribution in [-0.4, -0.2) is 65.7 Å². The van der Waals surface area contributed by atoms with Crippen molar-refractivity contribution in [1.82, 2.24) is 9.80 Å². The fraction of sp³-hybridized carbons (Fsp3) is 0.833. The van der Waals surface area contributed by atoms with Crippen molar-refractivity contribution >= 4 is 18.0 Å². The van der Waals surface area contributed by atoms with Gasteiger partial charge in [0.15, 0.2) is 0 Å². The molecule has 0 aliphatic carbocycles. The Morgan fingerprint density at radius 1 is 1.08 bits per heavy atom. The van der Waals surface area contributed by atoms with Crippen molar-refractivity contribution in [3.05, 3.63) is 0 Å². The maximum atomic E-state index is 12.9. The first-order valence-corrected chi connectivity index (χ1v) is 9.18. The number of carbonyl (C=O) groups is 3. The molecule has 2 aliphatic heterocycles. The van der Waals surface area contributed by atoms with Gasteiger partial charge < -0.3 is 14.4 Å². The van der Waals surface area contributed by atoms with E-state index in [2.05, 4.69) is 0 Å². The fourth-order valence-electron chi connectivity index (χ4n) is 3.40. The Kier molecular flexibility index (Phi) is 6.30. The van der Waals surface area contributed by atoms with Gasteiger partial charge in [-0.1, -0.05) is 0 Å². The van der Waals surface area contributed by atoms with Gasteiger partial charge in [-0.3, -0.25) is 14.5 Å². The van der Waals surface area contributed by atoms with Crippen LogP contribution in [0.2, 0.25) is 0 Å². The van der Waals surface area contributed by atoms with Crippen LogP contribution in [0.1, 0.15) is 53.4 Å². The molecule has 2 saturated heterocycles.